The van der Waals surface area contributed by atoms with Crippen LogP contribution in [-0.2, 0) is 7.05 Å². The number of nitrogens with zero attached hydrogens (tertiary/aromatic N) is 2. The van der Waals surface area contributed by atoms with Gasteiger partial charge in [0.1, 0.15) is 11.7 Å². The zero-order valence-corrected chi connectivity index (χ0v) is 14.7. The third-order valence-corrected chi connectivity index (χ3v) is 4.46. The Kier molecular flexibility index (Phi) is 5.25. The van der Waals surface area contributed by atoms with E-state index in [1.807, 2.05) is 37.4 Å². The molecule has 3 rings (SSSR count). The van der Waals surface area contributed by atoms with E-state index in [4.69, 9.17) is 0 Å². The molecule has 0 fully saturated rings. The number of nitro benzene ring substituents is 1. The van der Waals surface area contributed by atoms with Crippen molar-refractivity contribution in [1.29, 1.82) is 0 Å². The maximum absolute atomic E-state index is 10.8. The minimum absolute atomic E-state index is 0. The fraction of sp³-hybridized carbons (Fsp3) is 0.0625. The maximum atomic E-state index is 10.8. The van der Waals surface area contributed by atoms with E-state index in [1.165, 1.54) is 16.3 Å². The van der Waals surface area contributed by atoms with E-state index in [0.717, 1.165) is 10.6 Å². The summed E-state index contributed by atoms with van der Waals surface area (Å²) < 4.78 is 3.34. The summed E-state index contributed by atoms with van der Waals surface area (Å²) in [6.07, 6.45) is 3.89. The number of halogens is 1. The Hall–Kier alpha value is -1.80. The summed E-state index contributed by atoms with van der Waals surface area (Å²) >= 11 is 1.70. The molecule has 112 valence electrons. The summed E-state index contributed by atoms with van der Waals surface area (Å²) in [5.74, 6) is 0. The quantitative estimate of drug-likeness (QED) is 0.271. The molecule has 22 heavy (non-hydrogen) atoms. The molecule has 0 aliphatic rings. The van der Waals surface area contributed by atoms with Gasteiger partial charge in [0.25, 0.3) is 10.7 Å². The Bertz CT molecular complexity index is 858. The third kappa shape index (κ3) is 3.33. The molecule has 1 heterocycles. The van der Waals surface area contributed by atoms with Gasteiger partial charge in [-0.25, -0.2) is 0 Å². The van der Waals surface area contributed by atoms with Gasteiger partial charge >= 0.3 is 0 Å². The number of hydrogen-bond donors (Lipinski definition) is 0. The number of rotatable bonds is 3. The summed E-state index contributed by atoms with van der Waals surface area (Å²) in [7, 11) is 2.02. The normalized spacial score (nSPS) is 10.8. The van der Waals surface area contributed by atoms with Crippen molar-refractivity contribution in [2.45, 2.75) is 0 Å². The third-order valence-electron chi connectivity index (χ3n) is 3.27. The number of hydrogen-bond acceptors (Lipinski definition) is 3. The van der Waals surface area contributed by atoms with Gasteiger partial charge in [-0.15, -0.1) is 0 Å². The predicted molar refractivity (Wildman–Crippen MR) is 85.0 cm³/mol. The van der Waals surface area contributed by atoms with E-state index in [9.17, 15) is 10.1 Å². The Balaban J connectivity index is 0.00000176. The first-order valence-corrected chi connectivity index (χ1v) is 7.27. The highest BCUT2D eigenvalue weighted by Crippen LogP contribution is 2.22. The molecule has 3 aromatic rings. The second-order valence-corrected chi connectivity index (χ2v) is 5.71. The lowest BCUT2D eigenvalue weighted by Gasteiger charge is -1.93. The van der Waals surface area contributed by atoms with Crippen molar-refractivity contribution in [2.75, 3.05) is 0 Å². The summed E-state index contributed by atoms with van der Waals surface area (Å²) in [4.78, 5) is 10.4. The zero-order chi connectivity index (χ0) is 14.8. The Morgan fingerprint density at radius 2 is 1.91 bits per heavy atom. The van der Waals surface area contributed by atoms with E-state index in [1.54, 1.807) is 23.5 Å². The monoisotopic (exact) mass is 424 g/mol. The van der Waals surface area contributed by atoms with Gasteiger partial charge in [0.2, 0.25) is 5.52 Å². The van der Waals surface area contributed by atoms with Crippen LogP contribution in [0.25, 0.3) is 22.4 Å². The molecule has 4 nitrogen and oxygen atoms in total. The number of benzene rings is 2. The minimum Gasteiger partial charge on any atom is -1.00 e. The second-order valence-electron chi connectivity index (χ2n) is 4.65. The van der Waals surface area contributed by atoms with Gasteiger partial charge in [-0.05, 0) is 17.7 Å². The number of nitro groups is 1. The van der Waals surface area contributed by atoms with E-state index in [-0.39, 0.29) is 34.6 Å². The molecule has 0 saturated heterocycles. The van der Waals surface area contributed by atoms with E-state index in [0.29, 0.717) is 0 Å². The van der Waals surface area contributed by atoms with Crippen molar-refractivity contribution < 1.29 is 33.5 Å². The number of para-hydroxylation sites is 1. The van der Waals surface area contributed by atoms with Gasteiger partial charge in [0.15, 0.2) is 0 Å². The summed E-state index contributed by atoms with van der Waals surface area (Å²) in [6.45, 7) is 0. The molecule has 0 aliphatic heterocycles. The first-order valence-electron chi connectivity index (χ1n) is 6.45. The van der Waals surface area contributed by atoms with Crippen molar-refractivity contribution in [2.24, 2.45) is 7.05 Å². The van der Waals surface area contributed by atoms with Crippen LogP contribution in [0.3, 0.4) is 0 Å². The first-order chi connectivity index (χ1) is 10.1. The molecule has 2 aromatic carbocycles. The van der Waals surface area contributed by atoms with Gasteiger partial charge in [0, 0.05) is 24.3 Å². The van der Waals surface area contributed by atoms with Crippen LogP contribution in [0.15, 0.2) is 48.5 Å². The lowest BCUT2D eigenvalue weighted by Crippen LogP contribution is -3.00. The summed E-state index contributed by atoms with van der Waals surface area (Å²) in [6, 6.07) is 14.8. The van der Waals surface area contributed by atoms with Crippen LogP contribution in [-0.4, -0.2) is 4.92 Å². The Labute approximate surface area is 148 Å². The number of aromatic nitrogens is 1. The van der Waals surface area contributed by atoms with Gasteiger partial charge in [0.05, 0.1) is 4.92 Å². The number of fused-ring (bicyclic) bond motifs is 1. The molecule has 6 heteroatoms. The van der Waals surface area contributed by atoms with Crippen molar-refractivity contribution >= 4 is 39.4 Å². The second kappa shape index (κ2) is 6.97. The molecule has 0 N–H and O–H groups in total. The average molecular weight is 424 g/mol. The molecule has 0 spiro atoms. The average Bonchev–Trinajstić information content (AvgIpc) is 2.82. The smallest absolute Gasteiger partial charge is 0.270 e. The van der Waals surface area contributed by atoms with Crippen LogP contribution in [0.2, 0.25) is 0 Å². The van der Waals surface area contributed by atoms with Crippen LogP contribution in [0.1, 0.15) is 10.6 Å². The van der Waals surface area contributed by atoms with Crippen LogP contribution in [0.4, 0.5) is 5.69 Å². The fourth-order valence-corrected chi connectivity index (χ4v) is 3.23. The van der Waals surface area contributed by atoms with Gasteiger partial charge in [-0.1, -0.05) is 35.6 Å². The molecule has 0 amide bonds. The van der Waals surface area contributed by atoms with Crippen LogP contribution in [0.5, 0.6) is 0 Å². The lowest BCUT2D eigenvalue weighted by atomic mass is 10.2. The van der Waals surface area contributed by atoms with Crippen molar-refractivity contribution in [1.82, 2.24) is 0 Å². The van der Waals surface area contributed by atoms with E-state index in [2.05, 4.69) is 16.7 Å². The predicted octanol–water partition coefficient (Wildman–Crippen LogP) is 0.808. The number of thiazole rings is 1. The molecule has 0 aliphatic carbocycles. The highest BCUT2D eigenvalue weighted by Gasteiger charge is 2.13. The molecule has 0 saturated carbocycles. The van der Waals surface area contributed by atoms with Gasteiger partial charge in [-0.3, -0.25) is 10.1 Å². The van der Waals surface area contributed by atoms with Crippen molar-refractivity contribution in [3.63, 3.8) is 0 Å². The maximum Gasteiger partial charge on any atom is 0.270 e. The molecular formula is C16H13IN2O2S. The number of aryl methyl sites for hydroxylation is 1. The van der Waals surface area contributed by atoms with E-state index >= 15 is 0 Å². The fourth-order valence-electron chi connectivity index (χ4n) is 2.18. The zero-order valence-electron chi connectivity index (χ0n) is 11.8. The Morgan fingerprint density at radius 3 is 2.64 bits per heavy atom. The van der Waals surface area contributed by atoms with Crippen LogP contribution in [0, 0.1) is 10.1 Å². The van der Waals surface area contributed by atoms with Crippen molar-refractivity contribution in [3.8, 4) is 0 Å². The van der Waals surface area contributed by atoms with E-state index < -0.39 is 0 Å². The molecular weight excluding hydrogens is 411 g/mol. The molecule has 1 aromatic heterocycles. The lowest BCUT2D eigenvalue weighted by molar-refractivity contribution is -0.642. The largest absolute Gasteiger partial charge is 1.00 e. The first kappa shape index (κ1) is 16.6. The van der Waals surface area contributed by atoms with Gasteiger partial charge in [-0.2, -0.15) is 4.57 Å². The van der Waals surface area contributed by atoms with Crippen LogP contribution < -0.4 is 28.5 Å². The number of non-ortho nitro benzene ring substituents is 1. The minimum atomic E-state index is -0.378. The summed E-state index contributed by atoms with van der Waals surface area (Å²) in [5, 5.41) is 11.9. The molecule has 0 unspecified atom stereocenters. The highest BCUT2D eigenvalue weighted by molar-refractivity contribution is 7.18. The topological polar surface area (TPSA) is 47.0 Å². The SMILES string of the molecule is C[n+]1c(C=Cc2cccc([N+](=O)[O-])c2)sc2ccccc21.[I-]. The molecule has 0 atom stereocenters. The molecule has 0 radical (unpaired) electrons. The highest BCUT2D eigenvalue weighted by atomic mass is 127. The molecule has 0 bridgehead atoms. The van der Waals surface area contributed by atoms with Crippen molar-refractivity contribution in [3.05, 3.63) is 69.2 Å². The van der Waals surface area contributed by atoms with Gasteiger partial charge < -0.3 is 24.0 Å². The summed E-state index contributed by atoms with van der Waals surface area (Å²) in [5.41, 5.74) is 2.11. The Morgan fingerprint density at radius 1 is 1.14 bits per heavy atom. The van der Waals surface area contributed by atoms with Crippen LogP contribution >= 0.6 is 11.3 Å². The standard InChI is InChI=1S/C16H13N2O2S.HI/c1-17-14-7-2-3-8-15(14)21-16(17)10-9-12-5-4-6-13(11-12)18(19)20;/h2-11H,1H3;1H/q+1;/p-1.